The molecule has 4 aromatic carbocycles. The largest absolute Gasteiger partial charge is 0.497 e. The summed E-state index contributed by atoms with van der Waals surface area (Å²) in [5.41, 5.74) is -0.151. The molecule has 3 amide bonds. The number of carbonyl (C=O) groups is 3. The van der Waals surface area contributed by atoms with Crippen LogP contribution in [0.4, 0.5) is 28.9 Å². The smallest absolute Gasteiger partial charge is 0.272 e. The highest BCUT2D eigenvalue weighted by atomic mass is 32.2. The number of amides is 3. The zero-order valence-electron chi connectivity index (χ0n) is 24.6. The SMILES string of the molecule is COc1ccc(/C=C(\NC(=O)c2ccccc2)C(=O)Nc2ccc(SC(C)C(=O)Nc3c(F)c(F)cc(F)c3F)cc2)c(OC)c1. The molecular formula is C33H27F4N3O5S. The van der Waals surface area contributed by atoms with Crippen LogP contribution in [-0.2, 0) is 9.59 Å². The number of nitrogens with one attached hydrogen (secondary N) is 3. The van der Waals surface area contributed by atoms with Gasteiger partial charge >= 0.3 is 0 Å². The molecule has 238 valence electrons. The maximum absolute atomic E-state index is 14.0. The second-order valence-electron chi connectivity index (χ2n) is 9.56. The Bertz CT molecular complexity index is 1760. The number of hydrogen-bond acceptors (Lipinski definition) is 6. The predicted molar refractivity (Wildman–Crippen MR) is 167 cm³/mol. The van der Waals surface area contributed by atoms with Crippen LogP contribution in [0, 0.1) is 23.3 Å². The molecule has 3 N–H and O–H groups in total. The van der Waals surface area contributed by atoms with E-state index < -0.39 is 51.9 Å². The number of carbonyl (C=O) groups excluding carboxylic acids is 3. The highest BCUT2D eigenvalue weighted by Crippen LogP contribution is 2.29. The van der Waals surface area contributed by atoms with Gasteiger partial charge in [-0.25, -0.2) is 17.6 Å². The second-order valence-corrected chi connectivity index (χ2v) is 11.0. The molecule has 0 aliphatic carbocycles. The van der Waals surface area contributed by atoms with E-state index in [1.54, 1.807) is 60.7 Å². The lowest BCUT2D eigenvalue weighted by atomic mass is 10.1. The molecule has 46 heavy (non-hydrogen) atoms. The standard InChI is InChI=1S/C33H27F4N3O5S/c1-18(31(41)40-30-28(36)24(34)17-25(35)29(30)37)46-23-13-10-21(11-14-23)38-33(43)26(39-32(42)19-7-5-4-6-8-19)15-20-9-12-22(44-2)16-27(20)45-3/h4-18H,1-3H3,(H,38,43)(H,39,42)(H,40,41)/b26-15-. The molecule has 13 heteroatoms. The average molecular weight is 654 g/mol. The van der Waals surface area contributed by atoms with E-state index in [0.29, 0.717) is 33.2 Å². The molecule has 1 unspecified atom stereocenters. The van der Waals surface area contributed by atoms with Gasteiger partial charge in [-0.2, -0.15) is 0 Å². The van der Waals surface area contributed by atoms with Crippen LogP contribution in [0.1, 0.15) is 22.8 Å². The van der Waals surface area contributed by atoms with Gasteiger partial charge in [0.15, 0.2) is 23.3 Å². The summed E-state index contributed by atoms with van der Waals surface area (Å²) in [4.78, 5) is 39.4. The highest BCUT2D eigenvalue weighted by molar-refractivity contribution is 8.00. The summed E-state index contributed by atoms with van der Waals surface area (Å²) < 4.78 is 65.6. The van der Waals surface area contributed by atoms with Crippen molar-refractivity contribution in [1.82, 2.24) is 5.32 Å². The maximum Gasteiger partial charge on any atom is 0.272 e. The topological polar surface area (TPSA) is 106 Å². The van der Waals surface area contributed by atoms with Crippen LogP contribution in [0.3, 0.4) is 0 Å². The van der Waals surface area contributed by atoms with Crippen LogP contribution in [-0.4, -0.2) is 37.2 Å². The molecule has 8 nitrogen and oxygen atoms in total. The number of rotatable bonds is 11. The van der Waals surface area contributed by atoms with Crippen LogP contribution < -0.4 is 25.4 Å². The van der Waals surface area contributed by atoms with Crippen LogP contribution in [0.15, 0.2) is 89.5 Å². The summed E-state index contributed by atoms with van der Waals surface area (Å²) >= 11 is 0.990. The molecule has 0 aliphatic heterocycles. The minimum atomic E-state index is -1.72. The molecule has 0 spiro atoms. The number of benzene rings is 4. The molecule has 0 fully saturated rings. The first-order valence-corrected chi connectivity index (χ1v) is 14.4. The Morgan fingerprint density at radius 2 is 1.46 bits per heavy atom. The van der Waals surface area contributed by atoms with Crippen LogP contribution >= 0.6 is 11.8 Å². The minimum absolute atomic E-state index is 0.0464. The summed E-state index contributed by atoms with van der Waals surface area (Å²) in [5.74, 6) is -7.88. The number of anilines is 2. The van der Waals surface area contributed by atoms with Crippen molar-refractivity contribution >= 4 is 46.9 Å². The molecule has 0 saturated heterocycles. The number of hydrogen-bond donors (Lipinski definition) is 3. The summed E-state index contributed by atoms with van der Waals surface area (Å²) in [6, 6.07) is 19.6. The van der Waals surface area contributed by atoms with Crippen molar-refractivity contribution in [3.05, 3.63) is 119 Å². The second kappa shape index (κ2) is 15.1. The lowest BCUT2D eigenvalue weighted by Gasteiger charge is -2.15. The summed E-state index contributed by atoms with van der Waals surface area (Å²) in [6.45, 7) is 1.43. The Morgan fingerprint density at radius 3 is 2.07 bits per heavy atom. The third-order valence-electron chi connectivity index (χ3n) is 6.42. The van der Waals surface area contributed by atoms with E-state index in [9.17, 15) is 31.9 Å². The molecule has 0 bridgehead atoms. The highest BCUT2D eigenvalue weighted by Gasteiger charge is 2.24. The summed E-state index contributed by atoms with van der Waals surface area (Å²) in [6.07, 6.45) is 1.45. The molecule has 4 aromatic rings. The van der Waals surface area contributed by atoms with Gasteiger partial charge in [-0.05, 0) is 61.5 Å². The fourth-order valence-electron chi connectivity index (χ4n) is 4.02. The van der Waals surface area contributed by atoms with Crippen LogP contribution in [0.5, 0.6) is 11.5 Å². The third-order valence-corrected chi connectivity index (χ3v) is 7.54. The van der Waals surface area contributed by atoms with Crippen molar-refractivity contribution in [3.63, 3.8) is 0 Å². The zero-order chi connectivity index (χ0) is 33.4. The number of ether oxygens (including phenoxy) is 2. The molecule has 0 saturated carbocycles. The Morgan fingerprint density at radius 1 is 0.804 bits per heavy atom. The van der Waals surface area contributed by atoms with E-state index in [-0.39, 0.29) is 11.8 Å². The van der Waals surface area contributed by atoms with Crippen molar-refractivity contribution in [2.45, 2.75) is 17.1 Å². The van der Waals surface area contributed by atoms with Crippen molar-refractivity contribution in [2.24, 2.45) is 0 Å². The number of halogens is 4. The summed E-state index contributed by atoms with van der Waals surface area (Å²) in [7, 11) is 2.95. The van der Waals surface area contributed by atoms with Gasteiger partial charge in [0.05, 0.1) is 19.5 Å². The van der Waals surface area contributed by atoms with Crippen LogP contribution in [0.25, 0.3) is 6.08 Å². The fraction of sp³-hybridized carbons (Fsp3) is 0.121. The molecule has 4 rings (SSSR count). The molecule has 0 aromatic heterocycles. The number of thioether (sulfide) groups is 1. The Labute approximate surface area is 265 Å². The monoisotopic (exact) mass is 653 g/mol. The van der Waals surface area contributed by atoms with Crippen molar-refractivity contribution < 1.29 is 41.4 Å². The van der Waals surface area contributed by atoms with Gasteiger partial charge in [-0.15, -0.1) is 11.8 Å². The van der Waals surface area contributed by atoms with E-state index in [1.807, 2.05) is 5.32 Å². The lowest BCUT2D eigenvalue weighted by Crippen LogP contribution is -2.30. The van der Waals surface area contributed by atoms with E-state index in [0.717, 1.165) is 11.8 Å². The first-order chi connectivity index (χ1) is 22.0. The van der Waals surface area contributed by atoms with Gasteiger partial charge < -0.3 is 25.4 Å². The van der Waals surface area contributed by atoms with Gasteiger partial charge in [0.2, 0.25) is 5.91 Å². The average Bonchev–Trinajstić information content (AvgIpc) is 3.06. The van der Waals surface area contributed by atoms with Crippen LogP contribution in [0.2, 0.25) is 0 Å². The van der Waals surface area contributed by atoms with Gasteiger partial charge in [-0.3, -0.25) is 14.4 Å². The van der Waals surface area contributed by atoms with E-state index >= 15 is 0 Å². The van der Waals surface area contributed by atoms with Crippen molar-refractivity contribution in [3.8, 4) is 11.5 Å². The molecule has 0 radical (unpaired) electrons. The van der Waals surface area contributed by atoms with Crippen molar-refractivity contribution in [2.75, 3.05) is 24.9 Å². The normalized spacial score (nSPS) is 11.8. The molecule has 0 heterocycles. The van der Waals surface area contributed by atoms with Gasteiger partial charge in [0.1, 0.15) is 22.9 Å². The zero-order valence-corrected chi connectivity index (χ0v) is 25.4. The van der Waals surface area contributed by atoms with E-state index in [4.69, 9.17) is 9.47 Å². The van der Waals surface area contributed by atoms with Gasteiger partial charge in [0.25, 0.3) is 11.8 Å². The fourth-order valence-corrected chi connectivity index (χ4v) is 4.88. The van der Waals surface area contributed by atoms with Gasteiger partial charge in [0, 0.05) is 33.8 Å². The minimum Gasteiger partial charge on any atom is -0.497 e. The predicted octanol–water partition coefficient (Wildman–Crippen LogP) is 6.79. The number of methoxy groups -OCH3 is 2. The molecule has 1 atom stereocenters. The third kappa shape index (κ3) is 8.24. The Hall–Kier alpha value is -5.30. The summed E-state index contributed by atoms with van der Waals surface area (Å²) in [5, 5.41) is 6.30. The molecule has 0 aliphatic rings. The maximum atomic E-state index is 14.0. The Kier molecular flexibility index (Phi) is 11.0. The van der Waals surface area contributed by atoms with E-state index in [2.05, 4.69) is 10.6 Å². The lowest BCUT2D eigenvalue weighted by molar-refractivity contribution is -0.115. The first kappa shape index (κ1) is 33.6. The quantitative estimate of drug-likeness (QED) is 0.0713. The van der Waals surface area contributed by atoms with E-state index in [1.165, 1.54) is 39.4 Å². The molecular weight excluding hydrogens is 626 g/mol. The van der Waals surface area contributed by atoms with Crippen molar-refractivity contribution in [1.29, 1.82) is 0 Å². The van der Waals surface area contributed by atoms with Gasteiger partial charge in [-0.1, -0.05) is 18.2 Å². The first-order valence-electron chi connectivity index (χ1n) is 13.5. The Balaban J connectivity index is 1.49.